The number of benzene rings is 2. The Morgan fingerprint density at radius 1 is 1.16 bits per heavy atom. The summed E-state index contributed by atoms with van der Waals surface area (Å²) in [6, 6.07) is 14.9. The van der Waals surface area contributed by atoms with Crippen molar-refractivity contribution in [3.63, 3.8) is 0 Å². The van der Waals surface area contributed by atoms with Crippen molar-refractivity contribution in [2.24, 2.45) is 0 Å². The van der Waals surface area contributed by atoms with E-state index in [9.17, 15) is 4.79 Å². The van der Waals surface area contributed by atoms with E-state index in [1.165, 1.54) is 0 Å². The minimum Gasteiger partial charge on any atom is -0.492 e. The van der Waals surface area contributed by atoms with Crippen molar-refractivity contribution in [2.45, 2.75) is 6.42 Å². The molecule has 0 saturated carbocycles. The van der Waals surface area contributed by atoms with E-state index in [2.05, 4.69) is 21.2 Å². The normalized spacial score (nSPS) is 10.4. The maximum Gasteiger partial charge on any atom is 0.259 e. The minimum atomic E-state index is -0.199. The smallest absolute Gasteiger partial charge is 0.259 e. The van der Waals surface area contributed by atoms with Crippen molar-refractivity contribution >= 4 is 11.6 Å². The quantitative estimate of drug-likeness (QED) is 0.578. The molecule has 128 valence electrons. The lowest BCUT2D eigenvalue weighted by Gasteiger charge is -2.13. The number of carbonyl (C=O) groups is 1. The number of rotatable bonds is 7. The molecular weight excluding hydrogens is 316 g/mol. The molecule has 0 saturated heterocycles. The molecule has 3 rings (SSSR count). The van der Waals surface area contributed by atoms with Crippen LogP contribution in [0.4, 0.5) is 5.69 Å². The van der Waals surface area contributed by atoms with E-state index < -0.39 is 0 Å². The molecule has 0 radical (unpaired) electrons. The van der Waals surface area contributed by atoms with Gasteiger partial charge in [0, 0.05) is 23.9 Å². The second-order valence-electron chi connectivity index (χ2n) is 5.57. The number of ether oxygens (including phenoxy) is 1. The average molecular weight is 337 g/mol. The number of quaternary nitrogens is 1. The highest BCUT2D eigenvalue weighted by molar-refractivity contribution is 6.06. The minimum absolute atomic E-state index is 0.199. The summed E-state index contributed by atoms with van der Waals surface area (Å²) < 4.78 is 5.84. The van der Waals surface area contributed by atoms with Crippen LogP contribution in [0, 0.1) is 0 Å². The number of anilines is 1. The van der Waals surface area contributed by atoms with Crippen LogP contribution in [-0.2, 0) is 0 Å². The van der Waals surface area contributed by atoms with Gasteiger partial charge in [-0.15, -0.1) is 0 Å². The molecule has 0 spiro atoms. The largest absolute Gasteiger partial charge is 0.492 e. The average Bonchev–Trinajstić information content (AvgIpc) is 3.17. The number of aromatic amines is 1. The van der Waals surface area contributed by atoms with Crippen molar-refractivity contribution in [1.82, 2.24) is 10.2 Å². The molecule has 25 heavy (non-hydrogen) atoms. The Morgan fingerprint density at radius 3 is 2.72 bits per heavy atom. The summed E-state index contributed by atoms with van der Waals surface area (Å²) in [5.41, 5.74) is 6.94. The number of hydrogen-bond acceptors (Lipinski definition) is 3. The molecule has 5 N–H and O–H groups in total. The molecule has 0 bridgehead atoms. The van der Waals surface area contributed by atoms with E-state index >= 15 is 0 Å². The number of nitrogens with zero attached hydrogens (tertiary/aromatic N) is 1. The van der Waals surface area contributed by atoms with E-state index in [1.807, 2.05) is 42.5 Å². The second kappa shape index (κ2) is 8.12. The standard InChI is InChI=1S/C19H20N4O2/c20-9-4-10-25-18-11-14(15-12-21-22-13-15)7-8-17(18)19(24)23-16-5-2-1-3-6-16/h1-3,5-8,11-13H,4,9-10,20H2,(H,21,22)(H,23,24)/p+1. The molecule has 0 aliphatic heterocycles. The maximum atomic E-state index is 12.6. The van der Waals surface area contributed by atoms with Gasteiger partial charge in [0.05, 0.1) is 24.9 Å². The number of nitrogens with one attached hydrogen (secondary N) is 2. The van der Waals surface area contributed by atoms with Crippen LogP contribution in [0.15, 0.2) is 60.9 Å². The van der Waals surface area contributed by atoms with Crippen LogP contribution >= 0.6 is 0 Å². The number of para-hydroxylation sites is 1. The fourth-order valence-electron chi connectivity index (χ4n) is 2.42. The first-order chi connectivity index (χ1) is 12.3. The summed E-state index contributed by atoms with van der Waals surface area (Å²) in [6.07, 6.45) is 4.37. The third-order valence-corrected chi connectivity index (χ3v) is 3.74. The van der Waals surface area contributed by atoms with E-state index in [0.717, 1.165) is 29.8 Å². The Bertz CT molecular complexity index is 817. The predicted octanol–water partition coefficient (Wildman–Crippen LogP) is 2.34. The van der Waals surface area contributed by atoms with Gasteiger partial charge >= 0.3 is 0 Å². The van der Waals surface area contributed by atoms with Gasteiger partial charge in [-0.25, -0.2) is 0 Å². The van der Waals surface area contributed by atoms with Gasteiger partial charge in [-0.3, -0.25) is 9.89 Å². The van der Waals surface area contributed by atoms with Crippen molar-refractivity contribution in [2.75, 3.05) is 18.5 Å². The van der Waals surface area contributed by atoms with Crippen LogP contribution in [0.25, 0.3) is 11.1 Å². The predicted molar refractivity (Wildman–Crippen MR) is 96.3 cm³/mol. The zero-order valence-corrected chi connectivity index (χ0v) is 13.9. The van der Waals surface area contributed by atoms with Gasteiger partial charge < -0.3 is 15.8 Å². The zero-order chi connectivity index (χ0) is 17.5. The van der Waals surface area contributed by atoms with Crippen LogP contribution in [-0.4, -0.2) is 29.3 Å². The number of carbonyl (C=O) groups excluding carboxylic acids is 1. The number of aromatic nitrogens is 2. The molecular formula is C19H21N4O2+. The highest BCUT2D eigenvalue weighted by Crippen LogP contribution is 2.28. The van der Waals surface area contributed by atoms with E-state index in [0.29, 0.717) is 17.9 Å². The summed E-state index contributed by atoms with van der Waals surface area (Å²) in [5, 5.41) is 9.65. The summed E-state index contributed by atoms with van der Waals surface area (Å²) in [4.78, 5) is 12.6. The highest BCUT2D eigenvalue weighted by atomic mass is 16.5. The Kier molecular flexibility index (Phi) is 5.43. The second-order valence-corrected chi connectivity index (χ2v) is 5.57. The first-order valence-electron chi connectivity index (χ1n) is 8.19. The SMILES string of the molecule is [NH3+]CCCOc1cc(-c2cn[nH]c2)ccc1C(=O)Nc1ccccc1. The van der Waals surface area contributed by atoms with Crippen molar-refractivity contribution in [3.8, 4) is 16.9 Å². The third kappa shape index (κ3) is 4.24. The topological polar surface area (TPSA) is 94.7 Å². The van der Waals surface area contributed by atoms with Crippen molar-refractivity contribution < 1.29 is 15.3 Å². The van der Waals surface area contributed by atoms with E-state index in [4.69, 9.17) is 4.74 Å². The maximum absolute atomic E-state index is 12.6. The first-order valence-corrected chi connectivity index (χ1v) is 8.19. The monoisotopic (exact) mass is 337 g/mol. The third-order valence-electron chi connectivity index (χ3n) is 3.74. The Morgan fingerprint density at radius 2 is 2.00 bits per heavy atom. The number of hydrogen-bond donors (Lipinski definition) is 3. The Labute approximate surface area is 146 Å². The van der Waals surface area contributed by atoms with Gasteiger partial charge in [-0.2, -0.15) is 5.10 Å². The fraction of sp³-hybridized carbons (Fsp3) is 0.158. The summed E-state index contributed by atoms with van der Waals surface area (Å²) in [5.74, 6) is 0.357. The molecule has 3 aromatic rings. The van der Waals surface area contributed by atoms with Crippen LogP contribution in [0.1, 0.15) is 16.8 Å². The van der Waals surface area contributed by atoms with Gasteiger partial charge in [-0.05, 0) is 29.8 Å². The van der Waals surface area contributed by atoms with Crippen molar-refractivity contribution in [3.05, 3.63) is 66.5 Å². The molecule has 1 amide bonds. The first kappa shape index (κ1) is 16.7. The van der Waals surface area contributed by atoms with Crippen LogP contribution < -0.4 is 15.8 Å². The number of H-pyrrole nitrogens is 1. The molecule has 0 aliphatic carbocycles. The van der Waals surface area contributed by atoms with Gasteiger partial charge in [0.2, 0.25) is 0 Å². The Balaban J connectivity index is 1.86. The van der Waals surface area contributed by atoms with E-state index in [1.54, 1.807) is 18.5 Å². The molecule has 1 heterocycles. The van der Waals surface area contributed by atoms with E-state index in [-0.39, 0.29) is 5.91 Å². The van der Waals surface area contributed by atoms with Gasteiger partial charge in [0.15, 0.2) is 0 Å². The summed E-state index contributed by atoms with van der Waals surface area (Å²) in [6.45, 7) is 1.30. The van der Waals surface area contributed by atoms with Gasteiger partial charge in [-0.1, -0.05) is 24.3 Å². The Hall–Kier alpha value is -3.12. The van der Waals surface area contributed by atoms with Crippen LogP contribution in [0.5, 0.6) is 5.75 Å². The summed E-state index contributed by atoms with van der Waals surface area (Å²) in [7, 11) is 0. The zero-order valence-electron chi connectivity index (χ0n) is 13.9. The van der Waals surface area contributed by atoms with Crippen LogP contribution in [0.3, 0.4) is 0 Å². The van der Waals surface area contributed by atoms with Crippen molar-refractivity contribution in [1.29, 1.82) is 0 Å². The van der Waals surface area contributed by atoms with Gasteiger partial charge in [0.1, 0.15) is 5.75 Å². The molecule has 6 nitrogen and oxygen atoms in total. The lowest BCUT2D eigenvalue weighted by atomic mass is 10.1. The highest BCUT2D eigenvalue weighted by Gasteiger charge is 2.15. The van der Waals surface area contributed by atoms with Crippen LogP contribution in [0.2, 0.25) is 0 Å². The lowest BCUT2D eigenvalue weighted by Crippen LogP contribution is -2.50. The number of amides is 1. The summed E-state index contributed by atoms with van der Waals surface area (Å²) >= 11 is 0. The molecule has 0 unspecified atom stereocenters. The fourth-order valence-corrected chi connectivity index (χ4v) is 2.42. The molecule has 0 aliphatic rings. The molecule has 0 fully saturated rings. The lowest BCUT2D eigenvalue weighted by molar-refractivity contribution is -0.368. The molecule has 1 aromatic heterocycles. The molecule has 6 heteroatoms. The molecule has 0 atom stereocenters. The molecule has 2 aromatic carbocycles. The van der Waals surface area contributed by atoms with Gasteiger partial charge in [0.25, 0.3) is 5.91 Å².